The summed E-state index contributed by atoms with van der Waals surface area (Å²) in [6.45, 7) is 14.1. The molecule has 3 heteroatoms. The lowest BCUT2D eigenvalue weighted by atomic mass is 9.88. The Morgan fingerprint density at radius 3 is 2.56 bits per heavy atom. The van der Waals surface area contributed by atoms with E-state index in [0.29, 0.717) is 11.6 Å². The molecule has 1 saturated heterocycles. The van der Waals surface area contributed by atoms with Gasteiger partial charge in [-0.25, -0.2) is 0 Å². The van der Waals surface area contributed by atoms with Crippen LogP contribution in [0.25, 0.3) is 0 Å². The maximum Gasteiger partial charge on any atom is 0.0597 e. The van der Waals surface area contributed by atoms with Crippen LogP contribution in [0, 0.1) is 0 Å². The fourth-order valence-electron chi connectivity index (χ4n) is 2.58. The quantitative estimate of drug-likeness (QED) is 0.751. The van der Waals surface area contributed by atoms with Crippen LogP contribution in [0.5, 0.6) is 0 Å². The average molecular weight is 228 g/mol. The van der Waals surface area contributed by atoms with Gasteiger partial charge in [-0.15, -0.1) is 0 Å². The number of hydrogen-bond donors (Lipinski definition) is 1. The van der Waals surface area contributed by atoms with E-state index in [-0.39, 0.29) is 0 Å². The highest BCUT2D eigenvalue weighted by molar-refractivity contribution is 4.93. The Hall–Kier alpha value is -0.120. The van der Waals surface area contributed by atoms with Gasteiger partial charge in [0.2, 0.25) is 0 Å². The van der Waals surface area contributed by atoms with E-state index in [2.05, 4.69) is 37.9 Å². The molecule has 1 heterocycles. The molecule has 0 bridgehead atoms. The molecule has 1 fully saturated rings. The lowest BCUT2D eigenvalue weighted by Gasteiger charge is -2.47. The molecule has 16 heavy (non-hydrogen) atoms. The molecule has 1 N–H and O–H groups in total. The molecular formula is C13H28N2O. The number of hydrogen-bond acceptors (Lipinski definition) is 3. The lowest BCUT2D eigenvalue weighted by Crippen LogP contribution is -2.61. The summed E-state index contributed by atoms with van der Waals surface area (Å²) in [6, 6.07) is 0. The van der Waals surface area contributed by atoms with Gasteiger partial charge < -0.3 is 10.1 Å². The zero-order valence-corrected chi connectivity index (χ0v) is 11.4. The third-order valence-corrected chi connectivity index (χ3v) is 3.81. The molecule has 0 aromatic rings. The minimum absolute atomic E-state index is 0.348. The number of nitrogens with one attached hydrogen (secondary N) is 1. The van der Waals surface area contributed by atoms with Gasteiger partial charge in [0.1, 0.15) is 0 Å². The van der Waals surface area contributed by atoms with Gasteiger partial charge in [0, 0.05) is 31.7 Å². The molecule has 1 aliphatic heterocycles. The topological polar surface area (TPSA) is 24.5 Å². The molecular weight excluding hydrogens is 200 g/mol. The highest BCUT2D eigenvalue weighted by Gasteiger charge is 2.35. The van der Waals surface area contributed by atoms with Gasteiger partial charge in [-0.1, -0.05) is 13.8 Å². The molecule has 0 aromatic carbocycles. The minimum atomic E-state index is 0.348. The molecule has 96 valence electrons. The number of nitrogens with zero attached hydrogens (tertiary/aromatic N) is 1. The van der Waals surface area contributed by atoms with Crippen molar-refractivity contribution in [2.24, 2.45) is 0 Å². The molecule has 0 aliphatic carbocycles. The standard InChI is InChI=1S/C13H28N2O/c1-5-13(6-2)11-14-7-8-15(13)9-10-16-12(3)4/h12,14H,5-11H2,1-4H3. The first-order valence-electron chi connectivity index (χ1n) is 6.72. The first-order valence-corrected chi connectivity index (χ1v) is 6.72. The molecule has 0 unspecified atom stereocenters. The van der Waals surface area contributed by atoms with E-state index in [1.807, 2.05) is 0 Å². The van der Waals surface area contributed by atoms with E-state index in [0.717, 1.165) is 32.8 Å². The number of rotatable bonds is 6. The molecule has 0 atom stereocenters. The van der Waals surface area contributed by atoms with E-state index in [4.69, 9.17) is 4.74 Å². The van der Waals surface area contributed by atoms with Gasteiger partial charge in [0.05, 0.1) is 12.7 Å². The molecule has 0 amide bonds. The van der Waals surface area contributed by atoms with Crippen molar-refractivity contribution in [3.8, 4) is 0 Å². The number of piperazine rings is 1. The maximum atomic E-state index is 5.66. The molecule has 3 nitrogen and oxygen atoms in total. The van der Waals surface area contributed by atoms with Gasteiger partial charge >= 0.3 is 0 Å². The van der Waals surface area contributed by atoms with Crippen molar-refractivity contribution in [1.29, 1.82) is 0 Å². The Labute approximate surface area is 101 Å². The maximum absolute atomic E-state index is 5.66. The zero-order chi connectivity index (χ0) is 12.0. The molecule has 0 radical (unpaired) electrons. The zero-order valence-electron chi connectivity index (χ0n) is 11.4. The molecule has 0 aromatic heterocycles. The Morgan fingerprint density at radius 2 is 2.00 bits per heavy atom. The predicted molar refractivity (Wildman–Crippen MR) is 68.8 cm³/mol. The van der Waals surface area contributed by atoms with E-state index >= 15 is 0 Å². The van der Waals surface area contributed by atoms with E-state index in [9.17, 15) is 0 Å². The van der Waals surface area contributed by atoms with Crippen LogP contribution in [0.15, 0.2) is 0 Å². The average Bonchev–Trinajstić information content (AvgIpc) is 2.29. The van der Waals surface area contributed by atoms with Crippen LogP contribution < -0.4 is 5.32 Å². The highest BCUT2D eigenvalue weighted by atomic mass is 16.5. The summed E-state index contributed by atoms with van der Waals surface area (Å²) in [5.74, 6) is 0. The Kier molecular flexibility index (Phi) is 5.73. The second kappa shape index (κ2) is 6.58. The minimum Gasteiger partial charge on any atom is -0.377 e. The monoisotopic (exact) mass is 228 g/mol. The fraction of sp³-hybridized carbons (Fsp3) is 1.00. The first kappa shape index (κ1) is 13.9. The SMILES string of the molecule is CCC1(CC)CNCCN1CCOC(C)C. The van der Waals surface area contributed by atoms with Gasteiger partial charge in [-0.3, -0.25) is 4.90 Å². The van der Waals surface area contributed by atoms with Crippen LogP contribution in [-0.2, 0) is 4.74 Å². The van der Waals surface area contributed by atoms with Crippen molar-refractivity contribution in [2.45, 2.75) is 52.2 Å². The first-order chi connectivity index (χ1) is 7.64. The summed E-state index contributed by atoms with van der Waals surface area (Å²) in [4.78, 5) is 2.62. The van der Waals surface area contributed by atoms with E-state index in [1.165, 1.54) is 12.8 Å². The van der Waals surface area contributed by atoms with Crippen molar-refractivity contribution in [3.05, 3.63) is 0 Å². The van der Waals surface area contributed by atoms with Crippen LogP contribution in [-0.4, -0.2) is 49.3 Å². The summed E-state index contributed by atoms with van der Waals surface area (Å²) in [5.41, 5.74) is 0.360. The summed E-state index contributed by atoms with van der Waals surface area (Å²) >= 11 is 0. The van der Waals surface area contributed by atoms with Crippen molar-refractivity contribution in [3.63, 3.8) is 0 Å². The Morgan fingerprint density at radius 1 is 1.31 bits per heavy atom. The summed E-state index contributed by atoms with van der Waals surface area (Å²) in [7, 11) is 0. The fourth-order valence-corrected chi connectivity index (χ4v) is 2.58. The van der Waals surface area contributed by atoms with Crippen LogP contribution >= 0.6 is 0 Å². The third-order valence-electron chi connectivity index (χ3n) is 3.81. The van der Waals surface area contributed by atoms with Gasteiger partial charge in [-0.05, 0) is 26.7 Å². The van der Waals surface area contributed by atoms with Crippen molar-refractivity contribution in [1.82, 2.24) is 10.2 Å². The molecule has 0 spiro atoms. The van der Waals surface area contributed by atoms with Crippen LogP contribution in [0.2, 0.25) is 0 Å². The van der Waals surface area contributed by atoms with E-state index in [1.54, 1.807) is 0 Å². The van der Waals surface area contributed by atoms with Gasteiger partial charge in [0.25, 0.3) is 0 Å². The predicted octanol–water partition coefficient (Wildman–Crippen LogP) is 1.88. The van der Waals surface area contributed by atoms with Crippen molar-refractivity contribution < 1.29 is 4.74 Å². The van der Waals surface area contributed by atoms with E-state index < -0.39 is 0 Å². The Bertz CT molecular complexity index is 190. The number of ether oxygens (including phenoxy) is 1. The second-order valence-corrected chi connectivity index (χ2v) is 5.01. The summed E-state index contributed by atoms with van der Waals surface area (Å²) in [5, 5.41) is 3.52. The van der Waals surface area contributed by atoms with Crippen LogP contribution in [0.4, 0.5) is 0 Å². The van der Waals surface area contributed by atoms with Crippen LogP contribution in [0.1, 0.15) is 40.5 Å². The largest absolute Gasteiger partial charge is 0.377 e. The van der Waals surface area contributed by atoms with Gasteiger partial charge in [-0.2, -0.15) is 0 Å². The van der Waals surface area contributed by atoms with Crippen LogP contribution in [0.3, 0.4) is 0 Å². The highest BCUT2D eigenvalue weighted by Crippen LogP contribution is 2.25. The normalized spacial score (nSPS) is 21.6. The Balaban J connectivity index is 2.46. The molecule has 1 rings (SSSR count). The molecule has 0 saturated carbocycles. The van der Waals surface area contributed by atoms with Gasteiger partial charge in [0.15, 0.2) is 0 Å². The lowest BCUT2D eigenvalue weighted by molar-refractivity contribution is 0.00391. The summed E-state index contributed by atoms with van der Waals surface area (Å²) < 4.78 is 5.66. The van der Waals surface area contributed by atoms with Crippen molar-refractivity contribution >= 4 is 0 Å². The molecule has 1 aliphatic rings. The van der Waals surface area contributed by atoms with Crippen molar-refractivity contribution in [2.75, 3.05) is 32.8 Å². The summed E-state index contributed by atoms with van der Waals surface area (Å²) in [6.07, 6.45) is 2.79. The smallest absolute Gasteiger partial charge is 0.0597 e. The second-order valence-electron chi connectivity index (χ2n) is 5.01. The third kappa shape index (κ3) is 3.44.